The zero-order valence-electron chi connectivity index (χ0n) is 14.1. The maximum atomic E-state index is 12.7. The van der Waals surface area contributed by atoms with Gasteiger partial charge < -0.3 is 9.47 Å². The molecule has 0 fully saturated rings. The molecule has 0 aromatic rings. The van der Waals surface area contributed by atoms with Gasteiger partial charge in [0.05, 0.1) is 13.5 Å². The number of methoxy groups -OCH3 is 1. The van der Waals surface area contributed by atoms with Crippen molar-refractivity contribution in [2.24, 2.45) is 5.92 Å². The third kappa shape index (κ3) is 8.36. The van der Waals surface area contributed by atoms with E-state index < -0.39 is 51.5 Å². The Hall–Kier alpha value is -0.880. The van der Waals surface area contributed by atoms with E-state index in [1.54, 1.807) is 0 Å². The van der Waals surface area contributed by atoms with Crippen molar-refractivity contribution < 1.29 is 40.7 Å². The molecule has 1 N–H and O–H groups in total. The van der Waals surface area contributed by atoms with E-state index in [0.717, 1.165) is 7.11 Å². The molecule has 0 aromatic heterocycles. The molecule has 0 saturated heterocycles. The van der Waals surface area contributed by atoms with Gasteiger partial charge in [-0.15, -0.1) is 0 Å². The van der Waals surface area contributed by atoms with E-state index in [1.807, 2.05) is 0 Å². The minimum Gasteiger partial charge on any atom is -0.469 e. The molecule has 12 heteroatoms. The van der Waals surface area contributed by atoms with Crippen LogP contribution < -0.4 is 4.72 Å². The van der Waals surface area contributed by atoms with Crippen molar-refractivity contribution in [3.8, 4) is 0 Å². The molecule has 0 saturated carbocycles. The van der Waals surface area contributed by atoms with Crippen molar-refractivity contribution in [3.63, 3.8) is 0 Å². The number of hydrogen-bond donors (Lipinski definition) is 1. The second kappa shape index (κ2) is 9.17. The Balaban J connectivity index is 5.77. The first-order chi connectivity index (χ1) is 11.1. The first-order valence-corrected chi connectivity index (χ1v) is 9.69. The highest BCUT2D eigenvalue weighted by Crippen LogP contribution is 2.26. The van der Waals surface area contributed by atoms with Crippen molar-refractivity contribution in [2.45, 2.75) is 50.8 Å². The third-order valence-corrected chi connectivity index (χ3v) is 4.49. The van der Waals surface area contributed by atoms with Crippen LogP contribution in [0.2, 0.25) is 0 Å². The topological polar surface area (TPSA) is 98.8 Å². The molecule has 0 bridgehead atoms. The van der Waals surface area contributed by atoms with Gasteiger partial charge in [0.2, 0.25) is 0 Å². The van der Waals surface area contributed by atoms with E-state index >= 15 is 0 Å². The Morgan fingerprint density at radius 3 is 2.08 bits per heavy atom. The molecule has 0 spiro atoms. The Bertz CT molecular complexity index is 573. The molecule has 0 rings (SSSR count). The van der Waals surface area contributed by atoms with E-state index in [-0.39, 0.29) is 11.8 Å². The molecule has 148 valence electrons. The molecule has 0 radical (unpaired) electrons. The van der Waals surface area contributed by atoms with Crippen molar-refractivity contribution in [3.05, 3.63) is 0 Å². The first-order valence-electron chi connectivity index (χ1n) is 7.09. The lowest BCUT2D eigenvalue weighted by Gasteiger charge is -2.29. The van der Waals surface area contributed by atoms with Crippen LogP contribution in [0.25, 0.3) is 0 Å². The van der Waals surface area contributed by atoms with Gasteiger partial charge in [-0.25, -0.2) is 8.42 Å². The molecule has 0 heterocycles. The predicted octanol–water partition coefficient (Wildman–Crippen LogP) is 2.10. The number of halogens is 4. The molecule has 0 aliphatic heterocycles. The van der Waals surface area contributed by atoms with Gasteiger partial charge in [0.25, 0.3) is 0 Å². The summed E-state index contributed by atoms with van der Waals surface area (Å²) in [6, 6.07) is -1.90. The van der Waals surface area contributed by atoms with Crippen molar-refractivity contribution in [1.29, 1.82) is 0 Å². The molecule has 0 unspecified atom stereocenters. The number of alkyl halides is 4. The minimum absolute atomic E-state index is 0.0272. The fourth-order valence-corrected chi connectivity index (χ4v) is 3.10. The highest BCUT2D eigenvalue weighted by atomic mass is 79.9. The average molecular weight is 456 g/mol. The highest BCUT2D eigenvalue weighted by Gasteiger charge is 2.49. The van der Waals surface area contributed by atoms with E-state index in [2.05, 4.69) is 20.7 Å². The van der Waals surface area contributed by atoms with Crippen LogP contribution >= 0.6 is 15.9 Å². The van der Waals surface area contributed by atoms with Crippen LogP contribution in [0, 0.1) is 5.92 Å². The maximum Gasteiger partial charge on any atom is 0.511 e. The van der Waals surface area contributed by atoms with E-state index in [0.29, 0.717) is 0 Å². The SMILES string of the molecule is COC(=O)C[C@H](CCBr)[C@H](NS(=O)(=O)C(F)(F)F)C(=O)OC(C)(C)C. The lowest BCUT2D eigenvalue weighted by molar-refractivity contribution is -0.159. The van der Waals surface area contributed by atoms with Crippen LogP contribution in [-0.2, 0) is 29.1 Å². The van der Waals surface area contributed by atoms with Gasteiger partial charge in [0.15, 0.2) is 0 Å². The summed E-state index contributed by atoms with van der Waals surface area (Å²) in [5.41, 5.74) is -6.68. The number of carbonyl (C=O) groups is 2. The molecule has 0 aliphatic carbocycles. The number of rotatable bonds is 8. The molecular weight excluding hydrogens is 435 g/mol. The molecular formula is C13H21BrF3NO6S. The van der Waals surface area contributed by atoms with Gasteiger partial charge in [-0.2, -0.15) is 17.9 Å². The monoisotopic (exact) mass is 455 g/mol. The fraction of sp³-hybridized carbons (Fsp3) is 0.846. The van der Waals surface area contributed by atoms with Crippen molar-refractivity contribution in [1.82, 2.24) is 4.72 Å². The zero-order valence-corrected chi connectivity index (χ0v) is 16.5. The smallest absolute Gasteiger partial charge is 0.469 e. The summed E-state index contributed by atoms with van der Waals surface area (Å²) in [5.74, 6) is -3.11. The second-order valence-electron chi connectivity index (χ2n) is 6.10. The van der Waals surface area contributed by atoms with E-state index in [1.165, 1.54) is 25.5 Å². The van der Waals surface area contributed by atoms with Crippen LogP contribution in [0.4, 0.5) is 13.2 Å². The van der Waals surface area contributed by atoms with E-state index in [4.69, 9.17) is 4.74 Å². The van der Waals surface area contributed by atoms with Gasteiger partial charge >= 0.3 is 27.5 Å². The highest BCUT2D eigenvalue weighted by molar-refractivity contribution is 9.09. The Labute approximate surface area is 152 Å². The van der Waals surface area contributed by atoms with Gasteiger partial charge in [-0.3, -0.25) is 9.59 Å². The van der Waals surface area contributed by atoms with Gasteiger partial charge in [0, 0.05) is 5.33 Å². The molecule has 0 amide bonds. The first kappa shape index (κ1) is 24.1. The van der Waals surface area contributed by atoms with Crippen LogP contribution in [0.5, 0.6) is 0 Å². The molecule has 0 aromatic carbocycles. The van der Waals surface area contributed by atoms with Crippen LogP contribution in [-0.4, -0.2) is 49.9 Å². The standard InChI is InChI=1S/C13H21BrF3NO6S/c1-12(2,3)24-11(20)10(18-25(21,22)13(15,16)17)8(5-6-14)7-9(19)23-4/h8,10,18H,5-7H2,1-4H3/t8-,10-/m0/s1. The molecule has 7 nitrogen and oxygen atoms in total. The van der Waals surface area contributed by atoms with Crippen LogP contribution in [0.1, 0.15) is 33.6 Å². The summed E-state index contributed by atoms with van der Waals surface area (Å²) in [6.07, 6.45) is -0.439. The number of hydrogen-bond acceptors (Lipinski definition) is 6. The normalized spacial score (nSPS) is 15.4. The summed E-state index contributed by atoms with van der Waals surface area (Å²) in [7, 11) is -4.76. The Morgan fingerprint density at radius 1 is 1.20 bits per heavy atom. The minimum atomic E-state index is -5.82. The molecule has 0 aliphatic rings. The summed E-state index contributed by atoms with van der Waals surface area (Å²) in [4.78, 5) is 23.7. The van der Waals surface area contributed by atoms with Crippen molar-refractivity contribution in [2.75, 3.05) is 12.4 Å². The summed E-state index contributed by atoms with van der Waals surface area (Å²) >= 11 is 3.06. The number of sulfonamides is 1. The predicted molar refractivity (Wildman–Crippen MR) is 86.3 cm³/mol. The lowest BCUT2D eigenvalue weighted by atomic mass is 9.94. The molecule has 2 atom stereocenters. The number of esters is 2. The number of ether oxygens (including phenoxy) is 2. The van der Waals surface area contributed by atoms with Gasteiger partial charge in [-0.05, 0) is 33.1 Å². The number of nitrogens with one attached hydrogen (secondary N) is 1. The average Bonchev–Trinajstić information content (AvgIpc) is 2.41. The quantitative estimate of drug-likeness (QED) is 0.444. The zero-order chi connectivity index (χ0) is 20.1. The maximum absolute atomic E-state index is 12.7. The summed E-state index contributed by atoms with van der Waals surface area (Å²) in [6.45, 7) is 4.42. The van der Waals surface area contributed by atoms with E-state index in [9.17, 15) is 31.2 Å². The van der Waals surface area contributed by atoms with Gasteiger partial charge in [-0.1, -0.05) is 15.9 Å². The third-order valence-electron chi connectivity index (χ3n) is 2.86. The van der Waals surface area contributed by atoms with Gasteiger partial charge in [0.1, 0.15) is 11.6 Å². The summed E-state index contributed by atoms with van der Waals surface area (Å²) < 4.78 is 71.6. The summed E-state index contributed by atoms with van der Waals surface area (Å²) in [5, 5.41) is 0.210. The Morgan fingerprint density at radius 2 is 1.72 bits per heavy atom. The Kier molecular flexibility index (Phi) is 8.85. The molecule has 25 heavy (non-hydrogen) atoms. The lowest BCUT2D eigenvalue weighted by Crippen LogP contribution is -2.52. The van der Waals surface area contributed by atoms with Crippen LogP contribution in [0.3, 0.4) is 0 Å². The largest absolute Gasteiger partial charge is 0.511 e. The second-order valence-corrected chi connectivity index (χ2v) is 8.59. The number of carbonyl (C=O) groups excluding carboxylic acids is 2. The fourth-order valence-electron chi connectivity index (χ4n) is 1.76. The van der Waals surface area contributed by atoms with Crippen LogP contribution in [0.15, 0.2) is 0 Å². The van der Waals surface area contributed by atoms with Crippen molar-refractivity contribution >= 4 is 37.9 Å².